The molecule has 80 valence electrons. The van der Waals surface area contributed by atoms with Crippen LogP contribution in [-0.4, -0.2) is 14.5 Å². The summed E-state index contributed by atoms with van der Waals surface area (Å²) in [5, 5.41) is 11.5. The van der Waals surface area contributed by atoms with Crippen molar-refractivity contribution in [3.8, 4) is 0 Å². The van der Waals surface area contributed by atoms with Crippen molar-refractivity contribution in [2.75, 3.05) is 0 Å². The summed E-state index contributed by atoms with van der Waals surface area (Å²) in [6.07, 6.45) is 5.56. The van der Waals surface area contributed by atoms with Gasteiger partial charge in [-0.05, 0) is 23.6 Å². The van der Waals surface area contributed by atoms with Gasteiger partial charge in [-0.1, -0.05) is 15.9 Å². The number of aliphatic hydroxyl groups is 1. The summed E-state index contributed by atoms with van der Waals surface area (Å²) in [5.41, 5.74) is 1.82. The van der Waals surface area contributed by atoms with Crippen molar-refractivity contribution >= 4 is 32.3 Å². The van der Waals surface area contributed by atoms with Crippen molar-refractivity contribution in [2.45, 2.75) is 6.61 Å². The molecule has 3 rings (SSSR count). The smallest absolute Gasteiger partial charge is 0.144 e. The average molecular weight is 277 g/mol. The van der Waals surface area contributed by atoms with Gasteiger partial charge in [-0.3, -0.25) is 0 Å². The lowest BCUT2D eigenvalue weighted by Gasteiger charge is -2.06. The van der Waals surface area contributed by atoms with Crippen LogP contribution in [0.2, 0.25) is 0 Å². The largest absolute Gasteiger partial charge is 0.392 e. The summed E-state index contributed by atoms with van der Waals surface area (Å²) in [4.78, 5) is 4.32. The highest BCUT2D eigenvalue weighted by molar-refractivity contribution is 9.10. The number of hydrogen-bond acceptors (Lipinski definition) is 2. The van der Waals surface area contributed by atoms with Crippen molar-refractivity contribution in [1.82, 2.24) is 9.38 Å². The zero-order valence-electron chi connectivity index (χ0n) is 8.39. The second kappa shape index (κ2) is 3.57. The van der Waals surface area contributed by atoms with Crippen LogP contribution < -0.4 is 0 Å². The molecule has 0 saturated heterocycles. The van der Waals surface area contributed by atoms with E-state index in [0.717, 1.165) is 26.5 Å². The van der Waals surface area contributed by atoms with Crippen LogP contribution in [0, 0.1) is 0 Å². The molecule has 2 heterocycles. The molecule has 0 radical (unpaired) electrons. The van der Waals surface area contributed by atoms with Crippen molar-refractivity contribution in [2.24, 2.45) is 0 Å². The highest BCUT2D eigenvalue weighted by Gasteiger charge is 2.07. The Labute approximate surface area is 100 Å². The lowest BCUT2D eigenvalue weighted by molar-refractivity contribution is 0.283. The van der Waals surface area contributed by atoms with Gasteiger partial charge in [0, 0.05) is 34.0 Å². The van der Waals surface area contributed by atoms with Crippen LogP contribution in [0.5, 0.6) is 0 Å². The summed E-state index contributed by atoms with van der Waals surface area (Å²) in [5.74, 6) is 0. The number of nitrogens with zero attached hydrogens (tertiary/aromatic N) is 2. The Hall–Kier alpha value is -1.39. The van der Waals surface area contributed by atoms with E-state index in [9.17, 15) is 5.11 Å². The van der Waals surface area contributed by atoms with E-state index in [1.807, 2.05) is 35.0 Å². The summed E-state index contributed by atoms with van der Waals surface area (Å²) in [7, 11) is 0. The predicted octanol–water partition coefficient (Wildman–Crippen LogP) is 2.74. The Bertz CT molecular complexity index is 675. The van der Waals surface area contributed by atoms with E-state index in [0.29, 0.717) is 0 Å². The summed E-state index contributed by atoms with van der Waals surface area (Å²) in [6.45, 7) is 0.0288. The summed E-state index contributed by atoms with van der Waals surface area (Å²) in [6, 6.07) is 6.01. The van der Waals surface area contributed by atoms with Gasteiger partial charge < -0.3 is 9.51 Å². The van der Waals surface area contributed by atoms with Gasteiger partial charge in [-0.15, -0.1) is 0 Å². The fraction of sp³-hybridized carbons (Fsp3) is 0.0833. The van der Waals surface area contributed by atoms with Gasteiger partial charge >= 0.3 is 0 Å². The molecule has 0 spiro atoms. The molecular weight excluding hydrogens is 268 g/mol. The monoisotopic (exact) mass is 276 g/mol. The lowest BCUT2D eigenvalue weighted by atomic mass is 10.1. The third-order valence-corrected chi connectivity index (χ3v) is 3.20. The van der Waals surface area contributed by atoms with Crippen LogP contribution in [0.25, 0.3) is 16.4 Å². The quantitative estimate of drug-likeness (QED) is 0.742. The molecule has 0 aliphatic rings. The Morgan fingerprint density at radius 1 is 1.31 bits per heavy atom. The van der Waals surface area contributed by atoms with E-state index >= 15 is 0 Å². The molecule has 2 aromatic heterocycles. The number of imidazole rings is 1. The molecule has 0 aliphatic heterocycles. The molecular formula is C12H9BrN2O. The molecule has 3 nitrogen and oxygen atoms in total. The summed E-state index contributed by atoms with van der Waals surface area (Å²) >= 11 is 3.44. The molecule has 16 heavy (non-hydrogen) atoms. The van der Waals surface area contributed by atoms with Crippen LogP contribution in [0.1, 0.15) is 5.56 Å². The molecule has 0 bridgehead atoms. The number of benzene rings is 1. The summed E-state index contributed by atoms with van der Waals surface area (Å²) < 4.78 is 2.94. The maximum absolute atomic E-state index is 9.37. The molecule has 3 aromatic rings. The van der Waals surface area contributed by atoms with E-state index in [4.69, 9.17) is 0 Å². The Kier molecular flexibility index (Phi) is 2.19. The van der Waals surface area contributed by atoms with Crippen LogP contribution in [0.4, 0.5) is 0 Å². The molecule has 0 amide bonds. The maximum Gasteiger partial charge on any atom is 0.144 e. The minimum Gasteiger partial charge on any atom is -0.392 e. The van der Waals surface area contributed by atoms with Crippen molar-refractivity contribution in [3.63, 3.8) is 0 Å². The molecule has 0 fully saturated rings. The number of hydrogen-bond donors (Lipinski definition) is 1. The zero-order valence-corrected chi connectivity index (χ0v) is 9.98. The van der Waals surface area contributed by atoms with E-state index < -0.39 is 0 Å². The third kappa shape index (κ3) is 1.34. The topological polar surface area (TPSA) is 37.5 Å². The van der Waals surface area contributed by atoms with Crippen LogP contribution in [-0.2, 0) is 6.61 Å². The maximum atomic E-state index is 9.37. The fourth-order valence-corrected chi connectivity index (χ4v) is 2.33. The SMILES string of the molecule is OCc1cn2ccnc2c2ccc(Br)cc12. The van der Waals surface area contributed by atoms with Gasteiger partial charge in [0.05, 0.1) is 6.61 Å². The van der Waals surface area contributed by atoms with E-state index in [2.05, 4.69) is 20.9 Å². The normalized spacial score (nSPS) is 11.4. The van der Waals surface area contributed by atoms with E-state index in [-0.39, 0.29) is 6.61 Å². The van der Waals surface area contributed by atoms with Crippen LogP contribution >= 0.6 is 15.9 Å². The van der Waals surface area contributed by atoms with Gasteiger partial charge in [0.1, 0.15) is 5.65 Å². The van der Waals surface area contributed by atoms with Gasteiger partial charge in [-0.25, -0.2) is 4.98 Å². The first-order chi connectivity index (χ1) is 7.79. The van der Waals surface area contributed by atoms with Crippen molar-refractivity contribution < 1.29 is 5.11 Å². The second-order valence-corrected chi connectivity index (χ2v) is 4.58. The average Bonchev–Trinajstić information content (AvgIpc) is 2.75. The number of aromatic nitrogens is 2. The highest BCUT2D eigenvalue weighted by Crippen LogP contribution is 2.26. The first-order valence-corrected chi connectivity index (χ1v) is 5.73. The minimum atomic E-state index is 0.0288. The highest BCUT2D eigenvalue weighted by atomic mass is 79.9. The third-order valence-electron chi connectivity index (χ3n) is 2.70. The van der Waals surface area contributed by atoms with E-state index in [1.165, 1.54) is 0 Å². The first kappa shape index (κ1) is 9.81. The molecule has 0 unspecified atom stereocenters. The van der Waals surface area contributed by atoms with Gasteiger partial charge in [0.15, 0.2) is 0 Å². The lowest BCUT2D eigenvalue weighted by Crippen LogP contribution is -1.93. The van der Waals surface area contributed by atoms with Gasteiger partial charge in [0.25, 0.3) is 0 Å². The number of fused-ring (bicyclic) bond motifs is 3. The fourth-order valence-electron chi connectivity index (χ4n) is 1.97. The molecule has 0 aliphatic carbocycles. The Morgan fingerprint density at radius 3 is 3.00 bits per heavy atom. The first-order valence-electron chi connectivity index (χ1n) is 4.94. The Morgan fingerprint density at radius 2 is 2.19 bits per heavy atom. The van der Waals surface area contributed by atoms with Crippen LogP contribution in [0.15, 0.2) is 41.3 Å². The second-order valence-electron chi connectivity index (χ2n) is 3.66. The van der Waals surface area contributed by atoms with Gasteiger partial charge in [-0.2, -0.15) is 0 Å². The number of aliphatic hydroxyl groups excluding tert-OH is 1. The molecule has 0 saturated carbocycles. The van der Waals surface area contributed by atoms with E-state index in [1.54, 1.807) is 6.20 Å². The Balaban J connectivity index is 2.55. The zero-order chi connectivity index (χ0) is 11.1. The van der Waals surface area contributed by atoms with Crippen molar-refractivity contribution in [1.29, 1.82) is 0 Å². The van der Waals surface area contributed by atoms with Gasteiger partial charge in [0.2, 0.25) is 0 Å². The number of halogens is 1. The standard InChI is InChI=1S/C12H9BrN2O/c13-9-1-2-10-11(5-9)8(7-16)6-15-4-3-14-12(10)15/h1-6,16H,7H2. The number of rotatable bonds is 1. The molecule has 1 N–H and O–H groups in total. The molecule has 0 atom stereocenters. The predicted molar refractivity (Wildman–Crippen MR) is 66.3 cm³/mol. The minimum absolute atomic E-state index is 0.0288. The molecule has 1 aromatic carbocycles. The molecule has 4 heteroatoms. The van der Waals surface area contributed by atoms with Crippen LogP contribution in [0.3, 0.4) is 0 Å². The number of pyridine rings is 1. The van der Waals surface area contributed by atoms with Crippen molar-refractivity contribution in [3.05, 3.63) is 46.8 Å².